The molecule has 4 fully saturated rings. The Hall–Kier alpha value is -2.06. The number of hydrogen-bond acceptors (Lipinski definition) is 2. The monoisotopic (exact) mass is 1200 g/mol. The number of hydrogen-bond donors (Lipinski definition) is 0. The summed E-state index contributed by atoms with van der Waals surface area (Å²) in [5.41, 5.74) is 9.93. The summed E-state index contributed by atoms with van der Waals surface area (Å²) in [6, 6.07) is 27.1. The molecule has 2 aromatic heterocycles. The zero-order valence-corrected chi connectivity index (χ0v) is 41.7. The van der Waals surface area contributed by atoms with E-state index in [2.05, 4.69) is 11.8 Å². The summed E-state index contributed by atoms with van der Waals surface area (Å²) in [5.74, 6) is 4.76. The van der Waals surface area contributed by atoms with Crippen molar-refractivity contribution >= 4 is 59.7 Å². The second kappa shape index (κ2) is 24.1. The number of para-hydroxylation sites is 2. The van der Waals surface area contributed by atoms with Gasteiger partial charge in [-0.2, -0.15) is 0 Å². The van der Waals surface area contributed by atoms with E-state index in [4.69, 9.17) is 21.7 Å². The quantitative estimate of drug-likeness (QED) is 0.0689. The summed E-state index contributed by atoms with van der Waals surface area (Å²) in [7, 11) is -0.182. The summed E-state index contributed by atoms with van der Waals surface area (Å²) < 4.78 is 11.3. The zero-order chi connectivity index (χ0) is 39.5. The smallest absolute Gasteiger partial charge is 0.456 e. The van der Waals surface area contributed by atoms with Crippen molar-refractivity contribution in [1.82, 2.24) is 0 Å². The Balaban J connectivity index is 0.000000160. The van der Waals surface area contributed by atoms with Crippen LogP contribution in [0.15, 0.2) is 93.8 Å². The Morgan fingerprint density at radius 1 is 0.400 bits per heavy atom. The molecule has 6 heteroatoms. The van der Waals surface area contributed by atoms with Crippen molar-refractivity contribution in [3.05, 3.63) is 109 Å². The zero-order valence-electron chi connectivity index (χ0n) is 35.4. The van der Waals surface area contributed by atoms with Crippen molar-refractivity contribution in [2.75, 3.05) is 12.3 Å². The van der Waals surface area contributed by atoms with Gasteiger partial charge in [0.25, 0.3) is 0 Å². The standard InChI is InChI=1S/C26H48P2.2C14H7O.2Au/c1-5-13-23(14-6-1)27(24-15-7-2-8-16-24)21-22-28(25-17-9-3-10-18-25)26-19-11-4-12-20-26;2*1-2-10-7-8-14-12(9-10)11-5-3-4-6-13(11)15-14;;/h23-26H,1-22H2;2*3-9H;;/q;2*-1;2*+1/p+2. The fourth-order valence-electron chi connectivity index (χ4n) is 11.3. The van der Waals surface area contributed by atoms with Crippen LogP contribution in [0.3, 0.4) is 0 Å². The fraction of sp³-hybridized carbons (Fsp3) is 0.481. The SMILES string of the molecule is C1CCC([PH+](CC[PH+](C2CCCCC2)C2CCCCC2)C2CCCCC2)CC1.[Au+].[Au+].[C-]#Cc1ccc2oc3ccccc3c2c1.[C-]#Cc1ccc2oc3ccccc3c2c1. The number of benzene rings is 4. The molecule has 0 amide bonds. The first-order valence-corrected chi connectivity index (χ1v) is 26.8. The van der Waals surface area contributed by atoms with Crippen LogP contribution in [0.1, 0.15) is 140 Å². The second-order valence-corrected chi connectivity index (χ2v) is 24.4. The molecule has 0 saturated heterocycles. The summed E-state index contributed by atoms with van der Waals surface area (Å²) in [4.78, 5) is 0. The molecule has 2 nitrogen and oxygen atoms in total. The summed E-state index contributed by atoms with van der Waals surface area (Å²) in [6.45, 7) is 0. The van der Waals surface area contributed by atoms with Crippen molar-refractivity contribution in [2.45, 2.75) is 151 Å². The molecule has 4 aliphatic rings. The maximum atomic E-state index is 7.10. The van der Waals surface area contributed by atoms with Crippen LogP contribution in [0.25, 0.3) is 43.9 Å². The van der Waals surface area contributed by atoms with Gasteiger partial charge in [0.1, 0.15) is 22.3 Å². The third-order valence-electron chi connectivity index (χ3n) is 14.3. The predicted octanol–water partition coefficient (Wildman–Crippen LogP) is 15.8. The Bertz CT molecular complexity index is 2110. The topological polar surface area (TPSA) is 26.3 Å². The summed E-state index contributed by atoms with van der Waals surface area (Å²) in [6.07, 6.45) is 49.7. The molecule has 0 unspecified atom stereocenters. The minimum atomic E-state index is -0.0909. The number of rotatable bonds is 7. The van der Waals surface area contributed by atoms with Crippen molar-refractivity contribution in [3.8, 4) is 11.8 Å². The average Bonchev–Trinajstić information content (AvgIpc) is 3.87. The van der Waals surface area contributed by atoms with E-state index in [0.29, 0.717) is 0 Å². The third-order valence-corrected chi connectivity index (χ3v) is 22.9. The van der Waals surface area contributed by atoms with Crippen LogP contribution in [0, 0.1) is 24.7 Å². The van der Waals surface area contributed by atoms with Crippen molar-refractivity contribution < 1.29 is 53.6 Å². The molecule has 322 valence electrons. The Morgan fingerprint density at radius 3 is 1.02 bits per heavy atom. The maximum absolute atomic E-state index is 7.10. The van der Waals surface area contributed by atoms with E-state index in [-0.39, 0.29) is 60.6 Å². The van der Waals surface area contributed by atoms with E-state index < -0.39 is 0 Å². The fourth-order valence-corrected chi connectivity index (χ4v) is 21.1. The van der Waals surface area contributed by atoms with Crippen molar-refractivity contribution in [3.63, 3.8) is 0 Å². The van der Waals surface area contributed by atoms with E-state index in [9.17, 15) is 0 Å². The minimum absolute atomic E-state index is 0. The minimum Gasteiger partial charge on any atom is -0.456 e. The van der Waals surface area contributed by atoms with E-state index in [1.807, 2.05) is 84.9 Å². The van der Waals surface area contributed by atoms with Gasteiger partial charge in [-0.1, -0.05) is 62.1 Å². The van der Waals surface area contributed by atoms with Crippen molar-refractivity contribution in [1.29, 1.82) is 0 Å². The predicted molar refractivity (Wildman–Crippen MR) is 254 cm³/mol. The van der Waals surface area contributed by atoms with Crippen LogP contribution in [-0.2, 0) is 44.8 Å². The summed E-state index contributed by atoms with van der Waals surface area (Å²) in [5, 5.41) is 4.26. The van der Waals surface area contributed by atoms with Gasteiger partial charge >= 0.3 is 44.8 Å². The Labute approximate surface area is 394 Å². The third kappa shape index (κ3) is 11.9. The van der Waals surface area contributed by atoms with Crippen LogP contribution >= 0.6 is 15.8 Å². The number of furan rings is 2. The molecular formula is C54H64Au2O2P2+2. The first-order chi connectivity index (χ1) is 28.7. The van der Waals surface area contributed by atoms with Crippen LogP contribution in [0.5, 0.6) is 0 Å². The van der Waals surface area contributed by atoms with E-state index in [1.54, 1.807) is 141 Å². The molecule has 4 aliphatic carbocycles. The molecule has 6 aromatic rings. The van der Waals surface area contributed by atoms with Gasteiger partial charge in [0, 0.05) is 37.4 Å². The molecule has 0 spiro atoms. The van der Waals surface area contributed by atoms with Crippen LogP contribution in [0.2, 0.25) is 0 Å². The largest absolute Gasteiger partial charge is 1.00 e. The van der Waals surface area contributed by atoms with Gasteiger partial charge in [-0.25, -0.2) is 0 Å². The van der Waals surface area contributed by atoms with Gasteiger partial charge in [0.15, 0.2) is 0 Å². The average molecular weight is 1200 g/mol. The molecule has 0 atom stereocenters. The van der Waals surface area contributed by atoms with E-state index >= 15 is 0 Å². The maximum Gasteiger partial charge on any atom is 1.00 e. The Morgan fingerprint density at radius 2 is 0.700 bits per heavy atom. The second-order valence-electron chi connectivity index (χ2n) is 17.9. The van der Waals surface area contributed by atoms with Gasteiger partial charge < -0.3 is 21.7 Å². The van der Waals surface area contributed by atoms with E-state index in [1.165, 1.54) is 22.6 Å². The molecule has 2 heterocycles. The summed E-state index contributed by atoms with van der Waals surface area (Å²) >= 11 is 0. The first kappa shape index (κ1) is 47.4. The van der Waals surface area contributed by atoms with Crippen LogP contribution in [0.4, 0.5) is 0 Å². The molecule has 4 aromatic carbocycles. The molecule has 0 aliphatic heterocycles. The molecule has 0 N–H and O–H groups in total. The normalized spacial score (nSPS) is 18.2. The first-order valence-electron chi connectivity index (χ1n) is 23.1. The molecule has 0 radical (unpaired) electrons. The van der Waals surface area contributed by atoms with Gasteiger partial charge in [-0.05, 0) is 127 Å². The molecule has 10 rings (SSSR count). The van der Waals surface area contributed by atoms with E-state index in [0.717, 1.165) is 55.0 Å². The molecular weight excluding hydrogens is 1140 g/mol. The van der Waals surface area contributed by atoms with Gasteiger partial charge in [-0.3, -0.25) is 11.8 Å². The Kier molecular flexibility index (Phi) is 19.1. The number of fused-ring (bicyclic) bond motifs is 6. The molecule has 4 saturated carbocycles. The van der Waals surface area contributed by atoms with Gasteiger partial charge in [0.05, 0.1) is 35.0 Å². The van der Waals surface area contributed by atoms with Gasteiger partial charge in [-0.15, -0.1) is 35.4 Å². The van der Waals surface area contributed by atoms with Crippen molar-refractivity contribution in [2.24, 2.45) is 0 Å². The van der Waals surface area contributed by atoms with Crippen LogP contribution < -0.4 is 0 Å². The van der Waals surface area contributed by atoms with Crippen LogP contribution in [-0.4, -0.2) is 35.0 Å². The van der Waals surface area contributed by atoms with Gasteiger partial charge in [0.2, 0.25) is 0 Å². The molecule has 60 heavy (non-hydrogen) atoms. The molecule has 0 bridgehead atoms.